The molecular weight excluding hydrogens is 266 g/mol. The van der Waals surface area contributed by atoms with E-state index >= 15 is 0 Å². The van der Waals surface area contributed by atoms with Gasteiger partial charge in [-0.1, -0.05) is 60.1 Å². The molecule has 0 aliphatic carbocycles. The van der Waals surface area contributed by atoms with Crippen molar-refractivity contribution in [1.29, 1.82) is 0 Å². The summed E-state index contributed by atoms with van der Waals surface area (Å²) in [7, 11) is 0. The van der Waals surface area contributed by atoms with Crippen molar-refractivity contribution in [2.75, 3.05) is 5.32 Å². The van der Waals surface area contributed by atoms with Gasteiger partial charge in [-0.05, 0) is 41.5 Å². The molecule has 100 valence electrons. The van der Waals surface area contributed by atoms with Gasteiger partial charge in [-0.2, -0.15) is 0 Å². The summed E-state index contributed by atoms with van der Waals surface area (Å²) in [6.45, 7) is 2.17. The molecule has 0 aromatic heterocycles. The summed E-state index contributed by atoms with van der Waals surface area (Å²) in [5, 5.41) is 6.81. The SMILES string of the molecule is CC(Nc1cccc(Cl)c1)c1cccc2ccccc12. The summed E-state index contributed by atoms with van der Waals surface area (Å²) >= 11 is 6.03. The second-order valence-corrected chi connectivity index (χ2v) is 5.38. The number of benzene rings is 3. The van der Waals surface area contributed by atoms with E-state index < -0.39 is 0 Å². The van der Waals surface area contributed by atoms with E-state index in [4.69, 9.17) is 11.6 Å². The second kappa shape index (κ2) is 5.56. The number of hydrogen-bond donors (Lipinski definition) is 1. The zero-order chi connectivity index (χ0) is 13.9. The van der Waals surface area contributed by atoms with E-state index in [9.17, 15) is 0 Å². The topological polar surface area (TPSA) is 12.0 Å². The monoisotopic (exact) mass is 281 g/mol. The van der Waals surface area contributed by atoms with Crippen molar-refractivity contribution in [1.82, 2.24) is 0 Å². The summed E-state index contributed by atoms with van der Waals surface area (Å²) in [5.41, 5.74) is 2.33. The van der Waals surface area contributed by atoms with Crippen molar-refractivity contribution in [2.24, 2.45) is 0 Å². The van der Waals surface area contributed by atoms with Gasteiger partial charge in [0.15, 0.2) is 0 Å². The highest BCUT2D eigenvalue weighted by molar-refractivity contribution is 6.30. The van der Waals surface area contributed by atoms with E-state index in [1.165, 1.54) is 16.3 Å². The maximum absolute atomic E-state index is 6.03. The Kier molecular flexibility index (Phi) is 3.62. The third-order valence-corrected chi connectivity index (χ3v) is 3.73. The summed E-state index contributed by atoms with van der Waals surface area (Å²) in [6.07, 6.45) is 0. The first-order valence-corrected chi connectivity index (χ1v) is 7.11. The third-order valence-electron chi connectivity index (χ3n) is 3.50. The lowest BCUT2D eigenvalue weighted by molar-refractivity contribution is 0.895. The average Bonchev–Trinajstić information content (AvgIpc) is 2.46. The van der Waals surface area contributed by atoms with Crippen LogP contribution >= 0.6 is 11.6 Å². The highest BCUT2D eigenvalue weighted by atomic mass is 35.5. The molecule has 1 N–H and O–H groups in total. The maximum Gasteiger partial charge on any atom is 0.0491 e. The van der Waals surface area contributed by atoms with Crippen LogP contribution in [0.4, 0.5) is 5.69 Å². The maximum atomic E-state index is 6.03. The van der Waals surface area contributed by atoms with Crippen LogP contribution in [0.5, 0.6) is 0 Å². The molecule has 2 heteroatoms. The van der Waals surface area contributed by atoms with Crippen molar-refractivity contribution in [3.05, 3.63) is 77.3 Å². The van der Waals surface area contributed by atoms with Gasteiger partial charge in [0.2, 0.25) is 0 Å². The number of rotatable bonds is 3. The number of hydrogen-bond acceptors (Lipinski definition) is 1. The number of nitrogens with one attached hydrogen (secondary N) is 1. The zero-order valence-corrected chi connectivity index (χ0v) is 12.1. The van der Waals surface area contributed by atoms with Crippen molar-refractivity contribution >= 4 is 28.1 Å². The van der Waals surface area contributed by atoms with Gasteiger partial charge in [0.25, 0.3) is 0 Å². The van der Waals surface area contributed by atoms with Gasteiger partial charge in [0, 0.05) is 16.8 Å². The lowest BCUT2D eigenvalue weighted by Crippen LogP contribution is -2.07. The zero-order valence-electron chi connectivity index (χ0n) is 11.3. The van der Waals surface area contributed by atoms with E-state index in [2.05, 4.69) is 54.7 Å². The molecule has 3 aromatic rings. The van der Waals surface area contributed by atoms with Crippen LogP contribution in [0, 0.1) is 0 Å². The van der Waals surface area contributed by atoms with Gasteiger partial charge in [0.05, 0.1) is 0 Å². The first kappa shape index (κ1) is 13.0. The molecule has 0 radical (unpaired) electrons. The predicted molar refractivity (Wildman–Crippen MR) is 87.4 cm³/mol. The molecule has 0 spiro atoms. The van der Waals surface area contributed by atoms with Crippen LogP contribution in [-0.4, -0.2) is 0 Å². The normalized spacial score (nSPS) is 12.3. The molecule has 1 atom stereocenters. The van der Waals surface area contributed by atoms with Gasteiger partial charge in [0.1, 0.15) is 0 Å². The van der Waals surface area contributed by atoms with E-state index in [1.54, 1.807) is 0 Å². The smallest absolute Gasteiger partial charge is 0.0491 e. The minimum atomic E-state index is 0.222. The lowest BCUT2D eigenvalue weighted by atomic mass is 9.99. The second-order valence-electron chi connectivity index (χ2n) is 4.94. The molecule has 0 amide bonds. The number of fused-ring (bicyclic) bond motifs is 1. The molecule has 0 aliphatic heterocycles. The fourth-order valence-corrected chi connectivity index (χ4v) is 2.72. The van der Waals surface area contributed by atoms with Crippen molar-refractivity contribution in [2.45, 2.75) is 13.0 Å². The highest BCUT2D eigenvalue weighted by Gasteiger charge is 2.09. The van der Waals surface area contributed by atoms with Crippen LogP contribution in [-0.2, 0) is 0 Å². The number of halogens is 1. The minimum absolute atomic E-state index is 0.222. The quantitative estimate of drug-likeness (QED) is 0.652. The predicted octanol–water partition coefficient (Wildman–Crippen LogP) is 5.67. The van der Waals surface area contributed by atoms with Gasteiger partial charge >= 0.3 is 0 Å². The standard InChI is InChI=1S/C18H16ClN/c1-13(20-16-9-5-8-15(19)12-16)17-11-4-7-14-6-2-3-10-18(14)17/h2-13,20H,1H3. The summed E-state index contributed by atoms with van der Waals surface area (Å²) in [5.74, 6) is 0. The Morgan fingerprint density at radius 1 is 0.900 bits per heavy atom. The minimum Gasteiger partial charge on any atom is -0.378 e. The van der Waals surface area contributed by atoms with Crippen LogP contribution in [0.2, 0.25) is 5.02 Å². The number of anilines is 1. The summed E-state index contributed by atoms with van der Waals surface area (Å²) in [6, 6.07) is 22.9. The van der Waals surface area contributed by atoms with Crippen molar-refractivity contribution in [3.63, 3.8) is 0 Å². The van der Waals surface area contributed by atoms with Crippen LogP contribution in [0.3, 0.4) is 0 Å². The summed E-state index contributed by atoms with van der Waals surface area (Å²) < 4.78 is 0. The molecule has 20 heavy (non-hydrogen) atoms. The van der Waals surface area contributed by atoms with Crippen LogP contribution in [0.25, 0.3) is 10.8 Å². The molecule has 1 unspecified atom stereocenters. The molecule has 0 heterocycles. The molecule has 0 fully saturated rings. The Balaban J connectivity index is 1.94. The Labute approximate surface area is 124 Å². The largest absolute Gasteiger partial charge is 0.378 e. The molecule has 0 bridgehead atoms. The Morgan fingerprint density at radius 3 is 2.50 bits per heavy atom. The van der Waals surface area contributed by atoms with E-state index in [0.29, 0.717) is 0 Å². The lowest BCUT2D eigenvalue weighted by Gasteiger charge is -2.18. The van der Waals surface area contributed by atoms with Crippen molar-refractivity contribution in [3.8, 4) is 0 Å². The Morgan fingerprint density at radius 2 is 1.65 bits per heavy atom. The Hall–Kier alpha value is -1.99. The van der Waals surface area contributed by atoms with Gasteiger partial charge in [-0.3, -0.25) is 0 Å². The van der Waals surface area contributed by atoms with Gasteiger partial charge in [-0.25, -0.2) is 0 Å². The van der Waals surface area contributed by atoms with E-state index in [1.807, 2.05) is 24.3 Å². The molecule has 3 rings (SSSR count). The summed E-state index contributed by atoms with van der Waals surface area (Å²) in [4.78, 5) is 0. The van der Waals surface area contributed by atoms with E-state index in [-0.39, 0.29) is 6.04 Å². The Bertz CT molecular complexity index is 731. The molecule has 3 aromatic carbocycles. The van der Waals surface area contributed by atoms with Crippen LogP contribution in [0.1, 0.15) is 18.5 Å². The average molecular weight is 282 g/mol. The van der Waals surface area contributed by atoms with Crippen molar-refractivity contribution < 1.29 is 0 Å². The van der Waals surface area contributed by atoms with Gasteiger partial charge in [-0.15, -0.1) is 0 Å². The molecular formula is C18H16ClN. The van der Waals surface area contributed by atoms with Crippen LogP contribution < -0.4 is 5.32 Å². The molecule has 0 aliphatic rings. The molecule has 0 saturated heterocycles. The highest BCUT2D eigenvalue weighted by Crippen LogP contribution is 2.27. The van der Waals surface area contributed by atoms with E-state index in [0.717, 1.165) is 10.7 Å². The third kappa shape index (κ3) is 2.63. The first-order chi connectivity index (χ1) is 9.74. The fraction of sp³-hybridized carbons (Fsp3) is 0.111. The van der Waals surface area contributed by atoms with Gasteiger partial charge < -0.3 is 5.32 Å². The van der Waals surface area contributed by atoms with Crippen LogP contribution in [0.15, 0.2) is 66.7 Å². The first-order valence-electron chi connectivity index (χ1n) is 6.74. The molecule has 1 nitrogen and oxygen atoms in total. The molecule has 0 saturated carbocycles. The fourth-order valence-electron chi connectivity index (χ4n) is 2.53.